The zero-order valence-corrected chi connectivity index (χ0v) is 16.5. The number of halogens is 1. The molecule has 0 aromatic heterocycles. The van der Waals surface area contributed by atoms with Gasteiger partial charge in [0, 0.05) is 31.5 Å². The number of rotatable bonds is 6. The number of hydrogen-bond acceptors (Lipinski definition) is 4. The summed E-state index contributed by atoms with van der Waals surface area (Å²) in [5.74, 6) is -0.334. The number of nitrogens with zero attached hydrogens (tertiary/aromatic N) is 1. The minimum atomic E-state index is -3.67. The minimum absolute atomic E-state index is 0.0111. The highest BCUT2D eigenvalue weighted by molar-refractivity contribution is 7.89. The maximum absolute atomic E-state index is 12.8. The van der Waals surface area contributed by atoms with Crippen molar-refractivity contribution >= 4 is 33.2 Å². The third kappa shape index (κ3) is 4.50. The zero-order valence-electron chi connectivity index (χ0n) is 14.9. The van der Waals surface area contributed by atoms with Crippen molar-refractivity contribution in [3.05, 3.63) is 58.6 Å². The van der Waals surface area contributed by atoms with Gasteiger partial charge in [0.15, 0.2) is 0 Å². The van der Waals surface area contributed by atoms with Crippen LogP contribution in [0.1, 0.15) is 28.8 Å². The van der Waals surface area contributed by atoms with Crippen molar-refractivity contribution < 1.29 is 17.9 Å². The maximum Gasteiger partial charge on any atom is 0.255 e. The Bertz CT molecular complexity index is 940. The summed E-state index contributed by atoms with van der Waals surface area (Å²) in [4.78, 5) is 12.5. The minimum Gasteiger partial charge on any atom is -0.380 e. The molecule has 2 aromatic rings. The SMILES string of the molecule is COCc1cccc(C(=O)Nc2ccc(Cl)c(S(=O)(=O)N3CCCC3)c2)c1. The molecule has 1 aliphatic rings. The van der Waals surface area contributed by atoms with Gasteiger partial charge in [-0.15, -0.1) is 0 Å². The molecule has 6 nitrogen and oxygen atoms in total. The van der Waals surface area contributed by atoms with Gasteiger partial charge < -0.3 is 10.1 Å². The molecule has 8 heteroatoms. The lowest BCUT2D eigenvalue weighted by atomic mass is 10.1. The van der Waals surface area contributed by atoms with Gasteiger partial charge in [-0.2, -0.15) is 4.31 Å². The Kier molecular flexibility index (Phi) is 6.16. The van der Waals surface area contributed by atoms with E-state index in [4.69, 9.17) is 16.3 Å². The highest BCUT2D eigenvalue weighted by atomic mass is 35.5. The van der Waals surface area contributed by atoms with Crippen LogP contribution in [0.3, 0.4) is 0 Å². The van der Waals surface area contributed by atoms with Crippen LogP contribution in [-0.4, -0.2) is 38.8 Å². The van der Waals surface area contributed by atoms with E-state index in [2.05, 4.69) is 5.32 Å². The van der Waals surface area contributed by atoms with E-state index in [1.54, 1.807) is 31.4 Å². The fourth-order valence-electron chi connectivity index (χ4n) is 3.02. The quantitative estimate of drug-likeness (QED) is 0.793. The molecule has 0 saturated carbocycles. The third-order valence-corrected chi connectivity index (χ3v) is 6.75. The summed E-state index contributed by atoms with van der Waals surface area (Å²) < 4.78 is 32.1. The van der Waals surface area contributed by atoms with Crippen molar-refractivity contribution in [1.82, 2.24) is 4.31 Å². The first-order valence-corrected chi connectivity index (χ1v) is 10.4. The lowest BCUT2D eigenvalue weighted by molar-refractivity contribution is 0.102. The van der Waals surface area contributed by atoms with E-state index in [1.807, 2.05) is 6.07 Å². The van der Waals surface area contributed by atoms with Crippen molar-refractivity contribution in [3.63, 3.8) is 0 Å². The van der Waals surface area contributed by atoms with Gasteiger partial charge in [-0.25, -0.2) is 8.42 Å². The Morgan fingerprint density at radius 3 is 2.63 bits per heavy atom. The molecule has 3 rings (SSSR count). The number of carbonyl (C=O) groups is 1. The summed E-state index contributed by atoms with van der Waals surface area (Å²) >= 11 is 6.14. The largest absolute Gasteiger partial charge is 0.380 e. The molecule has 1 fully saturated rings. The number of sulfonamides is 1. The van der Waals surface area contributed by atoms with Crippen LogP contribution in [0, 0.1) is 0 Å². The zero-order chi connectivity index (χ0) is 19.4. The molecule has 2 aromatic carbocycles. The number of carbonyl (C=O) groups excluding carboxylic acids is 1. The van der Waals surface area contributed by atoms with Crippen LogP contribution in [-0.2, 0) is 21.4 Å². The average molecular weight is 409 g/mol. The first kappa shape index (κ1) is 19.8. The normalized spacial score (nSPS) is 15.0. The van der Waals surface area contributed by atoms with Gasteiger partial charge in [-0.3, -0.25) is 4.79 Å². The summed E-state index contributed by atoms with van der Waals surface area (Å²) in [6, 6.07) is 11.5. The summed E-state index contributed by atoms with van der Waals surface area (Å²) in [5, 5.41) is 2.88. The van der Waals surface area contributed by atoms with Crippen LogP contribution in [0.25, 0.3) is 0 Å². The summed E-state index contributed by atoms with van der Waals surface area (Å²) in [6.45, 7) is 1.38. The lowest BCUT2D eigenvalue weighted by Crippen LogP contribution is -2.28. The van der Waals surface area contributed by atoms with Crippen molar-refractivity contribution in [2.24, 2.45) is 0 Å². The molecule has 1 amide bonds. The first-order valence-electron chi connectivity index (χ1n) is 8.61. The van der Waals surface area contributed by atoms with E-state index in [1.165, 1.54) is 16.4 Å². The number of nitrogens with one attached hydrogen (secondary N) is 1. The van der Waals surface area contributed by atoms with Crippen molar-refractivity contribution in [3.8, 4) is 0 Å². The smallest absolute Gasteiger partial charge is 0.255 e. The van der Waals surface area contributed by atoms with Crippen molar-refractivity contribution in [2.45, 2.75) is 24.3 Å². The van der Waals surface area contributed by atoms with Crippen LogP contribution in [0.2, 0.25) is 5.02 Å². The molecule has 0 bridgehead atoms. The molecule has 27 heavy (non-hydrogen) atoms. The van der Waals surface area contributed by atoms with Crippen LogP contribution in [0.15, 0.2) is 47.4 Å². The summed E-state index contributed by atoms with van der Waals surface area (Å²) in [5.41, 5.74) is 1.71. The molecule has 0 spiro atoms. The highest BCUT2D eigenvalue weighted by Crippen LogP contribution is 2.29. The molecule has 1 saturated heterocycles. The molecule has 1 aliphatic heterocycles. The Hall–Kier alpha value is -1.93. The van der Waals surface area contributed by atoms with Crippen LogP contribution in [0.5, 0.6) is 0 Å². The Balaban J connectivity index is 1.84. The number of ether oxygens (including phenoxy) is 1. The molecular formula is C19H21ClN2O4S. The summed E-state index contributed by atoms with van der Waals surface area (Å²) in [6.07, 6.45) is 1.68. The number of amides is 1. The Morgan fingerprint density at radius 2 is 1.93 bits per heavy atom. The van der Waals surface area contributed by atoms with Gasteiger partial charge in [-0.05, 0) is 48.7 Å². The number of benzene rings is 2. The average Bonchev–Trinajstić information content (AvgIpc) is 3.19. The number of methoxy groups -OCH3 is 1. The van der Waals surface area contributed by atoms with E-state index < -0.39 is 10.0 Å². The molecule has 144 valence electrons. The van der Waals surface area contributed by atoms with E-state index in [9.17, 15) is 13.2 Å². The Labute approximate surface area is 164 Å². The van der Waals surface area contributed by atoms with E-state index >= 15 is 0 Å². The molecule has 0 aliphatic carbocycles. The van der Waals surface area contributed by atoms with Gasteiger partial charge in [0.2, 0.25) is 10.0 Å². The van der Waals surface area contributed by atoms with Crippen molar-refractivity contribution in [1.29, 1.82) is 0 Å². The van der Waals surface area contributed by atoms with Crippen molar-refractivity contribution in [2.75, 3.05) is 25.5 Å². The van der Waals surface area contributed by atoms with Gasteiger partial charge in [-0.1, -0.05) is 23.7 Å². The van der Waals surface area contributed by atoms with Gasteiger partial charge in [0.25, 0.3) is 5.91 Å². The Morgan fingerprint density at radius 1 is 1.19 bits per heavy atom. The number of anilines is 1. The molecule has 0 unspecified atom stereocenters. The second-order valence-electron chi connectivity index (χ2n) is 6.34. The second kappa shape index (κ2) is 8.39. The maximum atomic E-state index is 12.8. The lowest BCUT2D eigenvalue weighted by Gasteiger charge is -2.17. The van der Waals surface area contributed by atoms with Crippen LogP contribution in [0.4, 0.5) is 5.69 Å². The van der Waals surface area contributed by atoms with E-state index in [0.29, 0.717) is 30.9 Å². The van der Waals surface area contributed by atoms with E-state index in [-0.39, 0.29) is 15.8 Å². The van der Waals surface area contributed by atoms with Gasteiger partial charge in [0.1, 0.15) is 4.90 Å². The van der Waals surface area contributed by atoms with E-state index in [0.717, 1.165) is 18.4 Å². The first-order chi connectivity index (χ1) is 12.9. The summed E-state index contributed by atoms with van der Waals surface area (Å²) in [7, 11) is -2.09. The fraction of sp³-hybridized carbons (Fsp3) is 0.316. The third-order valence-electron chi connectivity index (χ3n) is 4.37. The molecule has 1 N–H and O–H groups in total. The van der Waals surface area contributed by atoms with Gasteiger partial charge >= 0.3 is 0 Å². The standard InChI is InChI=1S/C19H21ClN2O4S/c1-26-13-14-5-4-6-15(11-14)19(23)21-16-7-8-17(20)18(12-16)27(24,25)22-9-2-3-10-22/h4-8,11-12H,2-3,9-10,13H2,1H3,(H,21,23). The number of hydrogen-bond donors (Lipinski definition) is 1. The molecule has 0 atom stereocenters. The van der Waals surface area contributed by atoms with Crippen LogP contribution < -0.4 is 5.32 Å². The molecular weight excluding hydrogens is 388 g/mol. The topological polar surface area (TPSA) is 75.7 Å². The molecule has 0 radical (unpaired) electrons. The van der Waals surface area contributed by atoms with Crippen LogP contribution >= 0.6 is 11.6 Å². The fourth-order valence-corrected chi connectivity index (χ4v) is 5.04. The predicted octanol–water partition coefficient (Wildman–Crippen LogP) is 3.52. The van der Waals surface area contributed by atoms with Gasteiger partial charge in [0.05, 0.1) is 11.6 Å². The molecule has 1 heterocycles. The monoisotopic (exact) mass is 408 g/mol. The predicted molar refractivity (Wildman–Crippen MR) is 105 cm³/mol. The second-order valence-corrected chi connectivity index (χ2v) is 8.66. The highest BCUT2D eigenvalue weighted by Gasteiger charge is 2.29.